The molecule has 0 radical (unpaired) electrons. The molecule has 0 fully saturated rings. The monoisotopic (exact) mass is 201 g/mol. The Morgan fingerprint density at radius 1 is 1.53 bits per heavy atom. The second-order valence-corrected chi connectivity index (χ2v) is 3.38. The van der Waals surface area contributed by atoms with E-state index in [9.17, 15) is 0 Å². The summed E-state index contributed by atoms with van der Waals surface area (Å²) in [5, 5.41) is 8.71. The van der Waals surface area contributed by atoms with Gasteiger partial charge in [-0.1, -0.05) is 12.1 Å². The van der Waals surface area contributed by atoms with Gasteiger partial charge in [-0.25, -0.2) is 0 Å². The van der Waals surface area contributed by atoms with E-state index >= 15 is 0 Å². The number of nitriles is 1. The Kier molecular flexibility index (Phi) is 4.59. The molecule has 2 nitrogen and oxygen atoms in total. The molecule has 1 aromatic carbocycles. The van der Waals surface area contributed by atoms with Crippen LogP contribution in [0.4, 0.5) is 0 Å². The molecule has 0 amide bonds. The van der Waals surface area contributed by atoms with Gasteiger partial charge in [-0.15, -0.1) is 6.58 Å². The standard InChI is InChI=1S/C13H15NO/c1-3-4-7-15-10-13-6-5-12(9-14)8-11(13)2/h3,5-6,8H,1,4,7,10H2,2H3. The van der Waals surface area contributed by atoms with Crippen molar-refractivity contribution in [1.29, 1.82) is 5.26 Å². The molecule has 78 valence electrons. The quantitative estimate of drug-likeness (QED) is 0.542. The zero-order valence-corrected chi connectivity index (χ0v) is 8.99. The molecule has 0 spiro atoms. The van der Waals surface area contributed by atoms with Gasteiger partial charge in [0.15, 0.2) is 0 Å². The van der Waals surface area contributed by atoms with E-state index in [-0.39, 0.29) is 0 Å². The highest BCUT2D eigenvalue weighted by atomic mass is 16.5. The third kappa shape index (κ3) is 3.57. The summed E-state index contributed by atoms with van der Waals surface area (Å²) in [5.41, 5.74) is 2.94. The molecule has 1 rings (SSSR count). The minimum Gasteiger partial charge on any atom is -0.376 e. The van der Waals surface area contributed by atoms with Crippen LogP contribution in [0.1, 0.15) is 23.1 Å². The van der Waals surface area contributed by atoms with Crippen LogP contribution < -0.4 is 0 Å². The van der Waals surface area contributed by atoms with Crippen LogP contribution in [0.25, 0.3) is 0 Å². The summed E-state index contributed by atoms with van der Waals surface area (Å²) in [6.45, 7) is 6.92. The summed E-state index contributed by atoms with van der Waals surface area (Å²) in [6.07, 6.45) is 2.71. The Hall–Kier alpha value is -1.59. The molecule has 0 unspecified atom stereocenters. The predicted octanol–water partition coefficient (Wildman–Crippen LogP) is 2.96. The van der Waals surface area contributed by atoms with Crippen molar-refractivity contribution < 1.29 is 4.74 Å². The van der Waals surface area contributed by atoms with Crippen molar-refractivity contribution in [1.82, 2.24) is 0 Å². The smallest absolute Gasteiger partial charge is 0.0991 e. The molecule has 0 atom stereocenters. The van der Waals surface area contributed by atoms with Gasteiger partial charge in [0.25, 0.3) is 0 Å². The van der Waals surface area contributed by atoms with Crippen molar-refractivity contribution in [2.75, 3.05) is 6.61 Å². The summed E-state index contributed by atoms with van der Waals surface area (Å²) in [6, 6.07) is 7.76. The van der Waals surface area contributed by atoms with Crippen LogP contribution >= 0.6 is 0 Å². The molecule has 0 N–H and O–H groups in total. The Bertz CT molecular complexity index is 377. The lowest BCUT2D eigenvalue weighted by Gasteiger charge is -2.06. The van der Waals surface area contributed by atoms with Crippen LogP contribution in [0, 0.1) is 18.3 Å². The number of benzene rings is 1. The Morgan fingerprint density at radius 3 is 2.93 bits per heavy atom. The average Bonchev–Trinajstić information content (AvgIpc) is 2.26. The van der Waals surface area contributed by atoms with Gasteiger partial charge in [0.1, 0.15) is 0 Å². The molecule has 0 heterocycles. The van der Waals surface area contributed by atoms with Crippen LogP contribution in [-0.2, 0) is 11.3 Å². The van der Waals surface area contributed by atoms with E-state index in [1.54, 1.807) is 0 Å². The van der Waals surface area contributed by atoms with Crippen LogP contribution in [0.3, 0.4) is 0 Å². The van der Waals surface area contributed by atoms with E-state index in [4.69, 9.17) is 10.00 Å². The molecule has 0 aliphatic rings. The number of hydrogen-bond donors (Lipinski definition) is 0. The zero-order chi connectivity index (χ0) is 11.1. The fourth-order valence-corrected chi connectivity index (χ4v) is 1.28. The topological polar surface area (TPSA) is 33.0 Å². The van der Waals surface area contributed by atoms with E-state index < -0.39 is 0 Å². The van der Waals surface area contributed by atoms with Crippen LogP contribution in [0.5, 0.6) is 0 Å². The van der Waals surface area contributed by atoms with Gasteiger partial charge >= 0.3 is 0 Å². The highest BCUT2D eigenvalue weighted by molar-refractivity contribution is 5.37. The Labute approximate surface area is 90.8 Å². The van der Waals surface area contributed by atoms with Gasteiger partial charge in [0, 0.05) is 0 Å². The molecule has 0 bridgehead atoms. The highest BCUT2D eigenvalue weighted by Gasteiger charge is 1.99. The first-order chi connectivity index (χ1) is 7.27. The lowest BCUT2D eigenvalue weighted by atomic mass is 10.1. The van der Waals surface area contributed by atoms with Gasteiger partial charge < -0.3 is 4.74 Å². The van der Waals surface area contributed by atoms with Crippen molar-refractivity contribution in [3.8, 4) is 6.07 Å². The maximum absolute atomic E-state index is 8.71. The second-order valence-electron chi connectivity index (χ2n) is 3.38. The van der Waals surface area contributed by atoms with E-state index in [0.29, 0.717) is 18.8 Å². The average molecular weight is 201 g/mol. The third-order valence-electron chi connectivity index (χ3n) is 2.20. The van der Waals surface area contributed by atoms with Crippen LogP contribution in [-0.4, -0.2) is 6.61 Å². The fourth-order valence-electron chi connectivity index (χ4n) is 1.28. The van der Waals surface area contributed by atoms with Gasteiger partial charge in [-0.3, -0.25) is 0 Å². The third-order valence-corrected chi connectivity index (χ3v) is 2.20. The zero-order valence-electron chi connectivity index (χ0n) is 8.99. The minimum absolute atomic E-state index is 0.603. The predicted molar refractivity (Wildman–Crippen MR) is 60.4 cm³/mol. The number of ether oxygens (including phenoxy) is 1. The minimum atomic E-state index is 0.603. The maximum atomic E-state index is 8.71. The van der Waals surface area contributed by atoms with Crippen molar-refractivity contribution >= 4 is 0 Å². The molecule has 15 heavy (non-hydrogen) atoms. The number of rotatable bonds is 5. The Morgan fingerprint density at radius 2 is 2.33 bits per heavy atom. The molecule has 0 saturated carbocycles. The molecule has 2 heteroatoms. The van der Waals surface area contributed by atoms with Gasteiger partial charge in [-0.2, -0.15) is 5.26 Å². The summed E-state index contributed by atoms with van der Waals surface area (Å²) in [5.74, 6) is 0. The molecule has 1 aromatic rings. The summed E-state index contributed by atoms with van der Waals surface area (Å²) < 4.78 is 5.46. The molecular formula is C13H15NO. The fraction of sp³-hybridized carbons (Fsp3) is 0.308. The van der Waals surface area contributed by atoms with Gasteiger partial charge in [0.2, 0.25) is 0 Å². The van der Waals surface area contributed by atoms with E-state index in [1.165, 1.54) is 0 Å². The normalized spacial score (nSPS) is 9.60. The summed E-state index contributed by atoms with van der Waals surface area (Å²) in [4.78, 5) is 0. The molecule has 0 aliphatic carbocycles. The van der Waals surface area contributed by atoms with Crippen molar-refractivity contribution in [3.05, 3.63) is 47.5 Å². The van der Waals surface area contributed by atoms with Gasteiger partial charge in [-0.05, 0) is 36.6 Å². The van der Waals surface area contributed by atoms with E-state index in [0.717, 1.165) is 17.5 Å². The van der Waals surface area contributed by atoms with Gasteiger partial charge in [0.05, 0.1) is 24.8 Å². The number of aryl methyl sites for hydroxylation is 1. The lowest BCUT2D eigenvalue weighted by Crippen LogP contribution is -1.97. The van der Waals surface area contributed by atoms with Crippen LogP contribution in [0.15, 0.2) is 30.9 Å². The largest absolute Gasteiger partial charge is 0.376 e. The molecule has 0 aliphatic heterocycles. The highest BCUT2D eigenvalue weighted by Crippen LogP contribution is 2.11. The first kappa shape index (κ1) is 11.5. The van der Waals surface area contributed by atoms with Crippen molar-refractivity contribution in [3.63, 3.8) is 0 Å². The lowest BCUT2D eigenvalue weighted by molar-refractivity contribution is 0.125. The van der Waals surface area contributed by atoms with Crippen molar-refractivity contribution in [2.24, 2.45) is 0 Å². The number of nitrogens with zero attached hydrogens (tertiary/aromatic N) is 1. The first-order valence-corrected chi connectivity index (χ1v) is 4.96. The first-order valence-electron chi connectivity index (χ1n) is 4.96. The number of hydrogen-bond acceptors (Lipinski definition) is 2. The maximum Gasteiger partial charge on any atom is 0.0991 e. The molecule has 0 aromatic heterocycles. The SMILES string of the molecule is C=CCCOCc1ccc(C#N)cc1C. The van der Waals surface area contributed by atoms with E-state index in [2.05, 4.69) is 12.6 Å². The molecular weight excluding hydrogens is 186 g/mol. The van der Waals surface area contributed by atoms with Crippen LogP contribution in [0.2, 0.25) is 0 Å². The van der Waals surface area contributed by atoms with E-state index in [1.807, 2.05) is 31.2 Å². The summed E-state index contributed by atoms with van der Waals surface area (Å²) in [7, 11) is 0. The molecule has 0 saturated heterocycles. The summed E-state index contributed by atoms with van der Waals surface area (Å²) >= 11 is 0. The van der Waals surface area contributed by atoms with Crippen molar-refractivity contribution in [2.45, 2.75) is 20.0 Å². The second kappa shape index (κ2) is 6.00. The Balaban J connectivity index is 2.55.